The molecule has 1 aliphatic carbocycles. The van der Waals surface area contributed by atoms with Gasteiger partial charge in [-0.25, -0.2) is 9.48 Å². The summed E-state index contributed by atoms with van der Waals surface area (Å²) in [7, 11) is -1.19. The standard InChI is InChI=1S/C21H29ClN2O4Si/c1-5-27-21(25)18-13-23-24(14-26-10-11-29(2,3)4)20(18)17-12-15(22)6-9-19(17)28-16-7-8-16/h6,9,12-13,16H,5,7-8,10-11,14H2,1-4H3. The Balaban J connectivity index is 1.93. The number of ether oxygens (including phenoxy) is 3. The molecule has 0 N–H and O–H groups in total. The predicted molar refractivity (Wildman–Crippen MR) is 116 cm³/mol. The Morgan fingerprint density at radius 2 is 2.07 bits per heavy atom. The van der Waals surface area contributed by atoms with E-state index in [4.69, 9.17) is 25.8 Å². The summed E-state index contributed by atoms with van der Waals surface area (Å²) in [6.07, 6.45) is 3.81. The number of rotatable bonds is 10. The summed E-state index contributed by atoms with van der Waals surface area (Å²) >= 11 is 6.28. The molecule has 158 valence electrons. The lowest BCUT2D eigenvalue weighted by Gasteiger charge is -2.17. The van der Waals surface area contributed by atoms with Gasteiger partial charge in [0.1, 0.15) is 18.0 Å². The number of hydrogen-bond acceptors (Lipinski definition) is 5. The maximum absolute atomic E-state index is 12.6. The molecule has 0 bridgehead atoms. The van der Waals surface area contributed by atoms with Gasteiger partial charge in [0.2, 0.25) is 0 Å². The van der Waals surface area contributed by atoms with Crippen LogP contribution in [0.3, 0.4) is 0 Å². The number of esters is 1. The normalized spacial score (nSPS) is 14.1. The zero-order valence-electron chi connectivity index (χ0n) is 17.5. The third-order valence-corrected chi connectivity index (χ3v) is 6.50. The molecule has 0 unspecified atom stereocenters. The molecule has 1 saturated carbocycles. The van der Waals surface area contributed by atoms with Gasteiger partial charge in [-0.3, -0.25) is 0 Å². The molecular weight excluding hydrogens is 408 g/mol. The first-order chi connectivity index (χ1) is 13.8. The lowest BCUT2D eigenvalue weighted by molar-refractivity contribution is 0.0526. The third-order valence-electron chi connectivity index (χ3n) is 4.56. The number of carbonyl (C=O) groups excluding carboxylic acids is 1. The van der Waals surface area contributed by atoms with Crippen molar-refractivity contribution in [2.45, 2.75) is 58.3 Å². The second-order valence-corrected chi connectivity index (χ2v) is 14.5. The van der Waals surface area contributed by atoms with Crippen LogP contribution in [-0.4, -0.2) is 43.1 Å². The third kappa shape index (κ3) is 6.07. The van der Waals surface area contributed by atoms with Crippen LogP contribution in [0.5, 0.6) is 5.75 Å². The van der Waals surface area contributed by atoms with Gasteiger partial charge >= 0.3 is 5.97 Å². The number of nitrogens with zero attached hydrogens (tertiary/aromatic N) is 2. The molecule has 1 aliphatic rings. The molecule has 1 aromatic heterocycles. The van der Waals surface area contributed by atoms with E-state index in [0.717, 1.165) is 24.4 Å². The Kier molecular flexibility index (Phi) is 7.03. The van der Waals surface area contributed by atoms with Crippen molar-refractivity contribution in [1.29, 1.82) is 0 Å². The Labute approximate surface area is 178 Å². The van der Waals surface area contributed by atoms with Crippen molar-refractivity contribution >= 4 is 25.6 Å². The Morgan fingerprint density at radius 3 is 2.72 bits per heavy atom. The highest BCUT2D eigenvalue weighted by Crippen LogP contribution is 2.38. The van der Waals surface area contributed by atoms with E-state index >= 15 is 0 Å². The zero-order valence-corrected chi connectivity index (χ0v) is 19.3. The molecule has 0 spiro atoms. The summed E-state index contributed by atoms with van der Waals surface area (Å²) in [5, 5.41) is 4.96. The summed E-state index contributed by atoms with van der Waals surface area (Å²) in [6.45, 7) is 9.89. The number of carbonyl (C=O) groups is 1. The summed E-state index contributed by atoms with van der Waals surface area (Å²) in [5.41, 5.74) is 1.71. The minimum atomic E-state index is -1.19. The van der Waals surface area contributed by atoms with E-state index in [1.54, 1.807) is 23.7 Å². The second-order valence-electron chi connectivity index (χ2n) is 8.43. The maximum atomic E-state index is 12.6. The maximum Gasteiger partial charge on any atom is 0.341 e. The first-order valence-corrected chi connectivity index (χ1v) is 14.1. The van der Waals surface area contributed by atoms with Crippen LogP contribution in [0.2, 0.25) is 30.7 Å². The predicted octanol–water partition coefficient (Wildman–Crippen LogP) is 5.23. The minimum Gasteiger partial charge on any atom is -0.490 e. The van der Waals surface area contributed by atoms with E-state index < -0.39 is 14.0 Å². The monoisotopic (exact) mass is 436 g/mol. The SMILES string of the molecule is CCOC(=O)c1cnn(COCC[Si](C)(C)C)c1-c1cc(Cl)ccc1OC1CC1. The molecule has 8 heteroatoms. The Hall–Kier alpha value is -1.83. The van der Waals surface area contributed by atoms with Crippen LogP contribution in [-0.2, 0) is 16.2 Å². The average Bonchev–Trinajstić information content (AvgIpc) is 3.36. The topological polar surface area (TPSA) is 62.6 Å². The average molecular weight is 437 g/mol. The van der Waals surface area contributed by atoms with Gasteiger partial charge in [0.25, 0.3) is 0 Å². The van der Waals surface area contributed by atoms with Crippen LogP contribution in [0.25, 0.3) is 11.3 Å². The highest BCUT2D eigenvalue weighted by molar-refractivity contribution is 6.76. The van der Waals surface area contributed by atoms with E-state index in [0.29, 0.717) is 28.6 Å². The molecule has 3 rings (SSSR count). The summed E-state index contributed by atoms with van der Waals surface area (Å²) in [5.74, 6) is 0.263. The van der Waals surface area contributed by atoms with Crippen LogP contribution < -0.4 is 4.74 Å². The van der Waals surface area contributed by atoms with E-state index in [1.807, 2.05) is 6.07 Å². The van der Waals surface area contributed by atoms with Crippen molar-refractivity contribution < 1.29 is 19.0 Å². The van der Waals surface area contributed by atoms with Gasteiger partial charge in [0, 0.05) is 25.3 Å². The quantitative estimate of drug-likeness (QED) is 0.289. The second kappa shape index (κ2) is 9.32. The smallest absolute Gasteiger partial charge is 0.341 e. The fourth-order valence-electron chi connectivity index (χ4n) is 2.81. The molecule has 0 amide bonds. The Bertz CT molecular complexity index is 859. The molecule has 0 radical (unpaired) electrons. The van der Waals surface area contributed by atoms with E-state index in [1.165, 1.54) is 6.20 Å². The van der Waals surface area contributed by atoms with E-state index in [2.05, 4.69) is 24.7 Å². The Morgan fingerprint density at radius 1 is 1.31 bits per heavy atom. The van der Waals surface area contributed by atoms with Crippen LogP contribution in [0, 0.1) is 0 Å². The number of benzene rings is 1. The van der Waals surface area contributed by atoms with Gasteiger partial charge in [0.05, 0.1) is 24.6 Å². The van der Waals surface area contributed by atoms with Crippen molar-refractivity contribution in [3.05, 3.63) is 35.0 Å². The molecule has 0 saturated heterocycles. The van der Waals surface area contributed by atoms with E-state index in [-0.39, 0.29) is 19.4 Å². The highest BCUT2D eigenvalue weighted by atomic mass is 35.5. The van der Waals surface area contributed by atoms with E-state index in [9.17, 15) is 4.79 Å². The number of hydrogen-bond donors (Lipinski definition) is 0. The van der Waals surface area contributed by atoms with Crippen molar-refractivity contribution in [2.75, 3.05) is 13.2 Å². The van der Waals surface area contributed by atoms with Gasteiger partial charge in [-0.15, -0.1) is 0 Å². The van der Waals surface area contributed by atoms with Gasteiger partial charge < -0.3 is 14.2 Å². The van der Waals surface area contributed by atoms with Crippen molar-refractivity contribution in [3.63, 3.8) is 0 Å². The highest BCUT2D eigenvalue weighted by Gasteiger charge is 2.28. The number of halogens is 1. The van der Waals surface area contributed by atoms with Crippen molar-refractivity contribution in [3.8, 4) is 17.0 Å². The largest absolute Gasteiger partial charge is 0.490 e. The van der Waals surface area contributed by atoms with Crippen LogP contribution in [0.4, 0.5) is 0 Å². The first kappa shape index (κ1) is 21.9. The zero-order chi connectivity index (χ0) is 21.0. The first-order valence-electron chi connectivity index (χ1n) is 10.1. The fraction of sp³-hybridized carbons (Fsp3) is 0.524. The number of aromatic nitrogens is 2. The summed E-state index contributed by atoms with van der Waals surface area (Å²) in [4.78, 5) is 12.6. The van der Waals surface area contributed by atoms with Gasteiger partial charge in [-0.2, -0.15) is 5.10 Å². The molecule has 1 fully saturated rings. The molecule has 0 aliphatic heterocycles. The van der Waals surface area contributed by atoms with Crippen LogP contribution in [0.15, 0.2) is 24.4 Å². The molecule has 29 heavy (non-hydrogen) atoms. The minimum absolute atomic E-state index is 0.213. The van der Waals surface area contributed by atoms with Crippen molar-refractivity contribution in [2.24, 2.45) is 0 Å². The molecule has 2 aromatic rings. The molecule has 1 aromatic carbocycles. The lowest BCUT2D eigenvalue weighted by Crippen LogP contribution is -2.22. The lowest BCUT2D eigenvalue weighted by atomic mass is 10.1. The van der Waals surface area contributed by atoms with Crippen molar-refractivity contribution in [1.82, 2.24) is 9.78 Å². The fourth-order valence-corrected chi connectivity index (χ4v) is 3.74. The van der Waals surface area contributed by atoms with Gasteiger partial charge in [-0.05, 0) is 44.0 Å². The summed E-state index contributed by atoms with van der Waals surface area (Å²) in [6, 6.07) is 6.49. The van der Waals surface area contributed by atoms with Crippen LogP contribution >= 0.6 is 11.6 Å². The van der Waals surface area contributed by atoms with Crippen LogP contribution in [0.1, 0.15) is 30.1 Å². The van der Waals surface area contributed by atoms with Gasteiger partial charge in [0.15, 0.2) is 0 Å². The molecular formula is C21H29ClN2O4Si. The van der Waals surface area contributed by atoms with Gasteiger partial charge in [-0.1, -0.05) is 31.2 Å². The molecule has 0 atom stereocenters. The molecule has 6 nitrogen and oxygen atoms in total. The molecule has 1 heterocycles. The summed E-state index contributed by atoms with van der Waals surface area (Å²) < 4.78 is 18.9.